The number of esters is 1. The lowest BCUT2D eigenvalue weighted by Gasteiger charge is -2.44. The van der Waals surface area contributed by atoms with Gasteiger partial charge in [-0.1, -0.05) is 42.5 Å². The molecule has 1 fully saturated rings. The average molecular weight is 352 g/mol. The van der Waals surface area contributed by atoms with Gasteiger partial charge in [-0.15, -0.1) is 0 Å². The van der Waals surface area contributed by atoms with Crippen molar-refractivity contribution in [3.8, 4) is 0 Å². The summed E-state index contributed by atoms with van der Waals surface area (Å²) in [5.41, 5.74) is 3.21. The van der Waals surface area contributed by atoms with E-state index in [1.54, 1.807) is 0 Å². The van der Waals surface area contributed by atoms with E-state index in [0.29, 0.717) is 17.6 Å². The number of methoxy groups -OCH3 is 1. The van der Waals surface area contributed by atoms with Crippen LogP contribution in [-0.4, -0.2) is 48.1 Å². The molecule has 0 unspecified atom stereocenters. The third-order valence-electron chi connectivity index (χ3n) is 5.17. The Morgan fingerprint density at radius 3 is 2.08 bits per heavy atom. The fourth-order valence-electron chi connectivity index (χ4n) is 3.82. The second-order valence-electron chi connectivity index (χ2n) is 7.24. The van der Waals surface area contributed by atoms with E-state index < -0.39 is 0 Å². The van der Waals surface area contributed by atoms with Crippen LogP contribution in [0.25, 0.3) is 0 Å². The summed E-state index contributed by atoms with van der Waals surface area (Å²) in [4.78, 5) is 16.6. The smallest absolute Gasteiger partial charge is 0.337 e. The maximum absolute atomic E-state index is 11.5. The normalized spacial score (nSPS) is 21.5. The van der Waals surface area contributed by atoms with Gasteiger partial charge in [0.15, 0.2) is 0 Å². The number of ether oxygens (including phenoxy) is 1. The van der Waals surface area contributed by atoms with Gasteiger partial charge in [-0.05, 0) is 37.1 Å². The van der Waals surface area contributed by atoms with Crippen molar-refractivity contribution in [1.29, 1.82) is 0 Å². The number of carbonyl (C=O) groups excluding carboxylic acids is 1. The maximum atomic E-state index is 11.5. The molecular formula is C22H28N2O2. The van der Waals surface area contributed by atoms with Crippen LogP contribution in [0.2, 0.25) is 0 Å². The second kappa shape index (κ2) is 8.47. The Hall–Kier alpha value is -2.17. The molecule has 0 bridgehead atoms. The van der Waals surface area contributed by atoms with Crippen molar-refractivity contribution in [1.82, 2.24) is 9.80 Å². The lowest BCUT2D eigenvalue weighted by molar-refractivity contribution is 0.0290. The quantitative estimate of drug-likeness (QED) is 0.770. The van der Waals surface area contributed by atoms with Gasteiger partial charge in [-0.2, -0.15) is 0 Å². The molecular weight excluding hydrogens is 324 g/mol. The molecule has 26 heavy (non-hydrogen) atoms. The zero-order valence-corrected chi connectivity index (χ0v) is 15.9. The van der Waals surface area contributed by atoms with Crippen molar-refractivity contribution < 1.29 is 9.53 Å². The summed E-state index contributed by atoms with van der Waals surface area (Å²) < 4.78 is 4.76. The molecule has 1 aliphatic rings. The molecule has 0 spiro atoms. The lowest BCUT2D eigenvalue weighted by atomic mass is 10.0. The molecule has 138 valence electrons. The third-order valence-corrected chi connectivity index (χ3v) is 5.17. The SMILES string of the molecule is COC(=O)c1ccc(CN2C[C@@H](C)N(Cc3ccccc3)[C@@H](C)C2)cc1. The Morgan fingerprint density at radius 2 is 1.50 bits per heavy atom. The van der Waals surface area contributed by atoms with Crippen LogP contribution in [0.4, 0.5) is 0 Å². The van der Waals surface area contributed by atoms with E-state index in [1.165, 1.54) is 18.2 Å². The van der Waals surface area contributed by atoms with Gasteiger partial charge in [0.25, 0.3) is 0 Å². The number of nitrogens with zero attached hydrogens (tertiary/aromatic N) is 2. The number of hydrogen-bond acceptors (Lipinski definition) is 4. The Labute approximate surface area is 156 Å². The highest BCUT2D eigenvalue weighted by atomic mass is 16.5. The van der Waals surface area contributed by atoms with Crippen LogP contribution in [0.15, 0.2) is 54.6 Å². The molecule has 0 amide bonds. The molecule has 4 nitrogen and oxygen atoms in total. The summed E-state index contributed by atoms with van der Waals surface area (Å²) in [7, 11) is 1.41. The number of benzene rings is 2. The van der Waals surface area contributed by atoms with E-state index in [0.717, 1.165) is 26.2 Å². The van der Waals surface area contributed by atoms with Crippen molar-refractivity contribution in [3.05, 3.63) is 71.3 Å². The first-order valence-electron chi connectivity index (χ1n) is 9.26. The number of piperazine rings is 1. The molecule has 0 saturated carbocycles. The van der Waals surface area contributed by atoms with Gasteiger partial charge in [0, 0.05) is 38.3 Å². The summed E-state index contributed by atoms with van der Waals surface area (Å²) in [5.74, 6) is -0.284. The Kier molecular flexibility index (Phi) is 6.07. The third kappa shape index (κ3) is 4.51. The lowest BCUT2D eigenvalue weighted by Crippen LogP contribution is -2.55. The van der Waals surface area contributed by atoms with Crippen molar-refractivity contribution in [2.24, 2.45) is 0 Å². The van der Waals surface area contributed by atoms with Crippen molar-refractivity contribution in [3.63, 3.8) is 0 Å². The Bertz CT molecular complexity index is 703. The molecule has 3 rings (SSSR count). The van der Waals surface area contributed by atoms with E-state index in [2.05, 4.69) is 54.0 Å². The van der Waals surface area contributed by atoms with E-state index in [9.17, 15) is 4.79 Å². The first-order chi connectivity index (χ1) is 12.6. The summed E-state index contributed by atoms with van der Waals surface area (Å²) in [5, 5.41) is 0. The largest absolute Gasteiger partial charge is 0.465 e. The standard InChI is InChI=1S/C22H28N2O2/c1-17-13-23(15-20-9-11-21(12-10-20)22(25)26-3)14-18(2)24(17)16-19-7-5-4-6-8-19/h4-12,17-18H,13-16H2,1-3H3/t17-,18+. The first-order valence-corrected chi connectivity index (χ1v) is 9.26. The highest BCUT2D eigenvalue weighted by Gasteiger charge is 2.29. The Morgan fingerprint density at radius 1 is 0.923 bits per heavy atom. The van der Waals surface area contributed by atoms with Gasteiger partial charge in [0.2, 0.25) is 0 Å². The molecule has 1 heterocycles. The van der Waals surface area contributed by atoms with E-state index in [-0.39, 0.29) is 5.97 Å². The molecule has 0 radical (unpaired) electrons. The molecule has 1 aliphatic heterocycles. The topological polar surface area (TPSA) is 32.8 Å². The molecule has 1 saturated heterocycles. The van der Waals surface area contributed by atoms with Crippen LogP contribution < -0.4 is 0 Å². The predicted molar refractivity (Wildman–Crippen MR) is 104 cm³/mol. The molecule has 0 aromatic heterocycles. The highest BCUT2D eigenvalue weighted by molar-refractivity contribution is 5.89. The highest BCUT2D eigenvalue weighted by Crippen LogP contribution is 2.20. The minimum atomic E-state index is -0.284. The van der Waals surface area contributed by atoms with Crippen LogP contribution in [0.5, 0.6) is 0 Å². The summed E-state index contributed by atoms with van der Waals surface area (Å²) in [6.45, 7) is 8.64. The van der Waals surface area contributed by atoms with Crippen molar-refractivity contribution in [2.45, 2.75) is 39.0 Å². The van der Waals surface area contributed by atoms with Crippen LogP contribution >= 0.6 is 0 Å². The molecule has 2 aromatic carbocycles. The minimum Gasteiger partial charge on any atom is -0.465 e. The number of hydrogen-bond donors (Lipinski definition) is 0. The number of carbonyl (C=O) groups is 1. The van der Waals surface area contributed by atoms with Crippen LogP contribution in [0.3, 0.4) is 0 Å². The van der Waals surface area contributed by atoms with Crippen LogP contribution in [-0.2, 0) is 17.8 Å². The predicted octanol–water partition coefficient (Wildman–Crippen LogP) is 3.57. The molecule has 4 heteroatoms. The van der Waals surface area contributed by atoms with E-state index in [1.807, 2.05) is 24.3 Å². The van der Waals surface area contributed by atoms with Gasteiger partial charge < -0.3 is 4.74 Å². The van der Waals surface area contributed by atoms with Gasteiger partial charge in [-0.25, -0.2) is 4.79 Å². The zero-order valence-electron chi connectivity index (χ0n) is 15.9. The minimum absolute atomic E-state index is 0.284. The van der Waals surface area contributed by atoms with Crippen LogP contribution in [0, 0.1) is 0 Å². The monoisotopic (exact) mass is 352 g/mol. The summed E-state index contributed by atoms with van der Waals surface area (Å²) in [6.07, 6.45) is 0. The first kappa shape index (κ1) is 18.6. The summed E-state index contributed by atoms with van der Waals surface area (Å²) in [6, 6.07) is 19.5. The maximum Gasteiger partial charge on any atom is 0.337 e. The summed E-state index contributed by atoms with van der Waals surface area (Å²) >= 11 is 0. The molecule has 0 aliphatic carbocycles. The van der Waals surface area contributed by atoms with Gasteiger partial charge in [0.1, 0.15) is 0 Å². The Balaban J connectivity index is 1.59. The second-order valence-corrected chi connectivity index (χ2v) is 7.24. The van der Waals surface area contributed by atoms with Crippen molar-refractivity contribution in [2.75, 3.05) is 20.2 Å². The van der Waals surface area contributed by atoms with Gasteiger partial charge in [-0.3, -0.25) is 9.80 Å². The van der Waals surface area contributed by atoms with E-state index in [4.69, 9.17) is 4.74 Å². The van der Waals surface area contributed by atoms with E-state index >= 15 is 0 Å². The number of rotatable bonds is 5. The van der Waals surface area contributed by atoms with Gasteiger partial charge >= 0.3 is 5.97 Å². The molecule has 0 N–H and O–H groups in total. The molecule has 2 aromatic rings. The molecule has 2 atom stereocenters. The van der Waals surface area contributed by atoms with Crippen molar-refractivity contribution >= 4 is 5.97 Å². The average Bonchev–Trinajstić information content (AvgIpc) is 2.65. The zero-order chi connectivity index (χ0) is 18.5. The van der Waals surface area contributed by atoms with Crippen LogP contribution in [0.1, 0.15) is 35.3 Å². The fraction of sp³-hybridized carbons (Fsp3) is 0.409. The van der Waals surface area contributed by atoms with Gasteiger partial charge in [0.05, 0.1) is 12.7 Å². The fourth-order valence-corrected chi connectivity index (χ4v) is 3.82.